The molecule has 0 spiro atoms. The van der Waals surface area contributed by atoms with E-state index in [2.05, 4.69) is 30.9 Å². The number of aromatic nitrogens is 5. The van der Waals surface area contributed by atoms with Crippen LogP contribution >= 0.6 is 23.2 Å². The zero-order valence-electron chi connectivity index (χ0n) is 18.0. The van der Waals surface area contributed by atoms with E-state index in [1.165, 1.54) is 30.6 Å². The van der Waals surface area contributed by atoms with Gasteiger partial charge in [0.05, 0.1) is 33.0 Å². The Hall–Kier alpha value is -3.64. The number of hydrogen-bond donors (Lipinski definition) is 3. The van der Waals surface area contributed by atoms with Crippen LogP contribution in [-0.4, -0.2) is 42.8 Å². The molecule has 0 fully saturated rings. The summed E-state index contributed by atoms with van der Waals surface area (Å²) < 4.78 is 41.0. The van der Waals surface area contributed by atoms with Gasteiger partial charge in [0.1, 0.15) is 5.69 Å². The van der Waals surface area contributed by atoms with Gasteiger partial charge in [-0.2, -0.15) is 23.4 Å². The minimum atomic E-state index is -4.85. The highest BCUT2D eigenvalue weighted by atomic mass is 35.5. The summed E-state index contributed by atoms with van der Waals surface area (Å²) in [6.07, 6.45) is -2.13. The molecule has 0 saturated heterocycles. The Kier molecular flexibility index (Phi) is 6.43. The van der Waals surface area contributed by atoms with Crippen LogP contribution in [0.3, 0.4) is 0 Å². The molecule has 2 amide bonds. The third kappa shape index (κ3) is 4.80. The summed E-state index contributed by atoms with van der Waals surface area (Å²) in [6, 6.07) is 4.61. The fraction of sp³-hybridized carbons (Fsp3) is 0.190. The van der Waals surface area contributed by atoms with Crippen LogP contribution in [0.5, 0.6) is 0 Å². The van der Waals surface area contributed by atoms with Crippen LogP contribution in [0.1, 0.15) is 40.4 Å². The highest BCUT2D eigenvalue weighted by Crippen LogP contribution is 2.34. The van der Waals surface area contributed by atoms with Crippen molar-refractivity contribution in [2.75, 3.05) is 5.32 Å². The normalized spacial score (nSPS) is 11.8. The first-order chi connectivity index (χ1) is 16.5. The van der Waals surface area contributed by atoms with Crippen molar-refractivity contribution in [2.24, 2.45) is 0 Å². The maximum absolute atomic E-state index is 13.4. The zero-order valence-corrected chi connectivity index (χ0v) is 19.5. The maximum atomic E-state index is 13.4. The molecule has 3 N–H and O–H groups in total. The lowest BCUT2D eigenvalue weighted by Crippen LogP contribution is -2.31. The van der Waals surface area contributed by atoms with Gasteiger partial charge in [-0.15, -0.1) is 0 Å². The number of alkyl halides is 3. The van der Waals surface area contributed by atoms with E-state index < -0.39 is 29.4 Å². The average molecular weight is 526 g/mol. The molecule has 9 nitrogen and oxygen atoms in total. The van der Waals surface area contributed by atoms with Crippen LogP contribution in [0.25, 0.3) is 16.7 Å². The number of nitrogens with zero attached hydrogens (tertiary/aromatic N) is 4. The van der Waals surface area contributed by atoms with Crippen molar-refractivity contribution in [3.05, 3.63) is 63.7 Å². The Morgan fingerprint density at radius 2 is 1.89 bits per heavy atom. The van der Waals surface area contributed by atoms with Crippen molar-refractivity contribution >= 4 is 51.6 Å². The summed E-state index contributed by atoms with van der Waals surface area (Å²) in [5.41, 5.74) is -1.75. The summed E-state index contributed by atoms with van der Waals surface area (Å²) in [6.45, 7) is 3.47. The second-order valence-corrected chi connectivity index (χ2v) is 8.47. The van der Waals surface area contributed by atoms with Gasteiger partial charge in [-0.05, 0) is 32.0 Å². The topological polar surface area (TPSA) is 118 Å². The zero-order chi connectivity index (χ0) is 25.5. The van der Waals surface area contributed by atoms with E-state index >= 15 is 0 Å². The Bertz CT molecular complexity index is 1450. The van der Waals surface area contributed by atoms with Crippen molar-refractivity contribution in [1.82, 2.24) is 30.3 Å². The number of amides is 2. The number of nitrogens with one attached hydrogen (secondary N) is 3. The van der Waals surface area contributed by atoms with E-state index in [1.807, 2.05) is 0 Å². The Morgan fingerprint density at radius 1 is 1.14 bits per heavy atom. The molecule has 0 saturated carbocycles. The molecule has 0 aliphatic carbocycles. The number of anilines is 1. The predicted molar refractivity (Wildman–Crippen MR) is 123 cm³/mol. The van der Waals surface area contributed by atoms with Gasteiger partial charge in [-0.25, -0.2) is 9.67 Å². The minimum absolute atomic E-state index is 0.0286. The van der Waals surface area contributed by atoms with E-state index in [4.69, 9.17) is 23.2 Å². The summed E-state index contributed by atoms with van der Waals surface area (Å²) in [5, 5.41) is 15.6. The number of halogens is 5. The van der Waals surface area contributed by atoms with Crippen molar-refractivity contribution < 1.29 is 22.8 Å². The first-order valence-electron chi connectivity index (χ1n) is 10.0. The van der Waals surface area contributed by atoms with Gasteiger partial charge in [0.25, 0.3) is 11.8 Å². The quantitative estimate of drug-likeness (QED) is 0.344. The first-order valence-corrected chi connectivity index (χ1v) is 10.8. The molecule has 14 heteroatoms. The van der Waals surface area contributed by atoms with Crippen molar-refractivity contribution in [1.29, 1.82) is 0 Å². The van der Waals surface area contributed by atoms with Gasteiger partial charge in [-0.1, -0.05) is 23.2 Å². The van der Waals surface area contributed by atoms with Gasteiger partial charge in [0.2, 0.25) is 0 Å². The molecular weight excluding hydrogens is 510 g/mol. The highest BCUT2D eigenvalue weighted by molar-refractivity contribution is 6.36. The largest absolute Gasteiger partial charge is 0.435 e. The van der Waals surface area contributed by atoms with Crippen LogP contribution in [0.15, 0.2) is 36.7 Å². The number of carbonyl (C=O) groups is 2. The number of pyridine rings is 1. The van der Waals surface area contributed by atoms with E-state index in [-0.39, 0.29) is 38.7 Å². The van der Waals surface area contributed by atoms with Crippen molar-refractivity contribution in [3.8, 4) is 5.82 Å². The van der Waals surface area contributed by atoms with Gasteiger partial charge in [0.15, 0.2) is 11.5 Å². The minimum Gasteiger partial charge on any atom is -0.350 e. The molecule has 0 bridgehead atoms. The lowest BCUT2D eigenvalue weighted by atomic mass is 10.1. The Labute approximate surface area is 205 Å². The fourth-order valence-corrected chi connectivity index (χ4v) is 3.76. The Morgan fingerprint density at radius 3 is 2.54 bits per heavy atom. The van der Waals surface area contributed by atoms with Gasteiger partial charge in [0, 0.05) is 23.7 Å². The van der Waals surface area contributed by atoms with Gasteiger partial charge >= 0.3 is 6.18 Å². The number of H-pyrrole nitrogens is 1. The molecule has 4 aromatic rings. The monoisotopic (exact) mass is 525 g/mol. The molecule has 3 heterocycles. The van der Waals surface area contributed by atoms with Crippen LogP contribution in [0.2, 0.25) is 10.0 Å². The SMILES string of the molecule is CC(C)NC(=O)c1c(NC(=O)c2cc(C(F)(F)F)nn2-c2ncccc2Cl)c(Cl)cc2cn[nH]c12. The number of hydrogen-bond acceptors (Lipinski definition) is 5. The standard InChI is InChI=1S/C21H16Cl2F3N7O2/c1-9(2)29-20(35)15-16-10(8-28-31-16)6-12(23)17(15)30-19(34)13-7-14(21(24,25)26)32-33(13)18-11(22)4-3-5-27-18/h3-9H,1-2H3,(H,28,31)(H,29,35)(H,30,34). The summed E-state index contributed by atoms with van der Waals surface area (Å²) in [7, 11) is 0. The number of aromatic amines is 1. The molecule has 1 aromatic carbocycles. The third-order valence-electron chi connectivity index (χ3n) is 4.75. The first kappa shape index (κ1) is 24.5. The molecule has 0 aliphatic heterocycles. The van der Waals surface area contributed by atoms with E-state index in [9.17, 15) is 22.8 Å². The lowest BCUT2D eigenvalue weighted by Gasteiger charge is -2.16. The van der Waals surface area contributed by atoms with Crippen LogP contribution in [-0.2, 0) is 6.18 Å². The Balaban J connectivity index is 1.84. The summed E-state index contributed by atoms with van der Waals surface area (Å²) >= 11 is 12.5. The van der Waals surface area contributed by atoms with Crippen molar-refractivity contribution in [2.45, 2.75) is 26.1 Å². The fourth-order valence-electron chi connectivity index (χ4n) is 3.30. The molecule has 182 valence electrons. The van der Waals surface area contributed by atoms with E-state index in [1.54, 1.807) is 13.8 Å². The molecule has 0 radical (unpaired) electrons. The second kappa shape index (κ2) is 9.19. The van der Waals surface area contributed by atoms with E-state index in [0.717, 1.165) is 0 Å². The van der Waals surface area contributed by atoms with Crippen molar-refractivity contribution in [3.63, 3.8) is 0 Å². The smallest absolute Gasteiger partial charge is 0.350 e. The average Bonchev–Trinajstić information content (AvgIpc) is 3.41. The number of rotatable bonds is 5. The van der Waals surface area contributed by atoms with E-state index in [0.29, 0.717) is 16.1 Å². The van der Waals surface area contributed by atoms with Gasteiger partial charge in [-0.3, -0.25) is 14.7 Å². The second-order valence-electron chi connectivity index (χ2n) is 7.66. The maximum Gasteiger partial charge on any atom is 0.435 e. The molecule has 3 aromatic heterocycles. The predicted octanol–water partition coefficient (Wildman–Crippen LogP) is 4.86. The summed E-state index contributed by atoms with van der Waals surface area (Å²) in [4.78, 5) is 30.2. The molecule has 0 unspecified atom stereocenters. The van der Waals surface area contributed by atoms with Crippen LogP contribution in [0.4, 0.5) is 18.9 Å². The van der Waals surface area contributed by atoms with Crippen LogP contribution in [0, 0.1) is 0 Å². The number of carbonyl (C=O) groups excluding carboxylic acids is 2. The lowest BCUT2D eigenvalue weighted by molar-refractivity contribution is -0.141. The molecule has 4 rings (SSSR count). The molecular formula is C21H16Cl2F3N7O2. The summed E-state index contributed by atoms with van der Waals surface area (Å²) in [5.74, 6) is -1.80. The third-order valence-corrected chi connectivity index (χ3v) is 5.34. The van der Waals surface area contributed by atoms with Crippen LogP contribution < -0.4 is 10.6 Å². The molecule has 0 atom stereocenters. The molecule has 35 heavy (non-hydrogen) atoms. The number of benzene rings is 1. The highest BCUT2D eigenvalue weighted by Gasteiger charge is 2.37. The molecule has 0 aliphatic rings. The number of fused-ring (bicyclic) bond motifs is 1. The van der Waals surface area contributed by atoms with Gasteiger partial charge < -0.3 is 10.6 Å².